The minimum Gasteiger partial charge on any atom is -0.382 e. The summed E-state index contributed by atoms with van der Waals surface area (Å²) in [6, 6.07) is 25.4. The van der Waals surface area contributed by atoms with Crippen LogP contribution in [0.25, 0.3) is 33.4 Å². The van der Waals surface area contributed by atoms with E-state index in [9.17, 15) is 10.1 Å². The van der Waals surface area contributed by atoms with E-state index in [4.69, 9.17) is 11.0 Å². The summed E-state index contributed by atoms with van der Waals surface area (Å²) >= 11 is 0. The number of fused-ring (bicyclic) bond motifs is 1. The average Bonchev–Trinajstić information content (AvgIpc) is 2.95. The maximum atomic E-state index is 13.1. The van der Waals surface area contributed by atoms with Gasteiger partial charge in [0.15, 0.2) is 11.5 Å². The van der Waals surface area contributed by atoms with Crippen molar-refractivity contribution in [3.8, 4) is 34.7 Å². The minimum atomic E-state index is -0.532. The van der Waals surface area contributed by atoms with E-state index in [1.165, 1.54) is 0 Å². The Morgan fingerprint density at radius 2 is 1.68 bits per heavy atom. The van der Waals surface area contributed by atoms with Crippen LogP contribution in [0.2, 0.25) is 0 Å². The number of hydrogen-bond acceptors (Lipinski definition) is 8. The van der Waals surface area contributed by atoms with Gasteiger partial charge >= 0.3 is 0 Å². The third kappa shape index (κ3) is 4.78. The second-order valence-electron chi connectivity index (χ2n) is 8.07. The molecule has 2 aromatic carbocycles. The molecule has 0 spiro atoms. The number of anilines is 1. The fourth-order valence-electron chi connectivity index (χ4n) is 3.87. The Morgan fingerprint density at radius 3 is 2.51 bits per heavy atom. The number of nitrogen functional groups attached to an aromatic ring is 1. The van der Waals surface area contributed by atoms with Gasteiger partial charge in [-0.15, -0.1) is 0 Å². The van der Waals surface area contributed by atoms with Crippen molar-refractivity contribution in [2.75, 3.05) is 5.73 Å². The van der Waals surface area contributed by atoms with Crippen LogP contribution in [0.15, 0.2) is 79.0 Å². The molecule has 3 aromatic heterocycles. The lowest BCUT2D eigenvalue weighted by Crippen LogP contribution is -2.26. The van der Waals surface area contributed by atoms with E-state index in [0.29, 0.717) is 33.8 Å². The molecule has 0 aliphatic carbocycles. The van der Waals surface area contributed by atoms with Crippen molar-refractivity contribution in [2.24, 2.45) is 0 Å². The number of rotatable bonds is 5. The smallest absolute Gasteiger partial charge is 0.274 e. The Hall–Kier alpha value is -5.67. The lowest BCUT2D eigenvalue weighted by Gasteiger charge is -2.14. The Morgan fingerprint density at radius 1 is 0.865 bits per heavy atom. The molecule has 176 valence electrons. The van der Waals surface area contributed by atoms with Crippen molar-refractivity contribution in [1.29, 1.82) is 10.5 Å². The molecule has 3 heterocycles. The molecule has 0 aliphatic heterocycles. The molecule has 37 heavy (non-hydrogen) atoms. The van der Waals surface area contributed by atoms with E-state index < -0.39 is 5.91 Å². The van der Waals surface area contributed by atoms with Crippen molar-refractivity contribution in [3.05, 3.63) is 102 Å². The molecule has 3 N–H and O–H groups in total. The summed E-state index contributed by atoms with van der Waals surface area (Å²) in [5.74, 6) is -0.588. The van der Waals surface area contributed by atoms with Crippen LogP contribution in [-0.2, 0) is 6.54 Å². The second kappa shape index (κ2) is 9.90. The van der Waals surface area contributed by atoms with Gasteiger partial charge in [-0.25, -0.2) is 15.0 Å². The number of nitrogens with two attached hydrogens (primary N) is 1. The molecule has 9 heteroatoms. The zero-order valence-electron chi connectivity index (χ0n) is 19.4. The highest BCUT2D eigenvalue weighted by Gasteiger charge is 2.20. The van der Waals surface area contributed by atoms with Gasteiger partial charge in [-0.2, -0.15) is 10.5 Å². The van der Waals surface area contributed by atoms with Crippen LogP contribution in [0.5, 0.6) is 0 Å². The Bertz CT molecular complexity index is 1750. The normalized spacial score (nSPS) is 10.4. The van der Waals surface area contributed by atoms with Gasteiger partial charge in [0.05, 0.1) is 40.8 Å². The third-order valence-electron chi connectivity index (χ3n) is 5.63. The molecule has 0 fully saturated rings. The summed E-state index contributed by atoms with van der Waals surface area (Å²) in [5, 5.41) is 22.1. The first kappa shape index (κ1) is 23.1. The zero-order chi connectivity index (χ0) is 25.8. The first-order valence-electron chi connectivity index (χ1n) is 11.2. The number of nitrogens with one attached hydrogen (secondary N) is 1. The number of hydrogen-bond donors (Lipinski definition) is 2. The van der Waals surface area contributed by atoms with Crippen molar-refractivity contribution in [3.63, 3.8) is 0 Å². The minimum absolute atomic E-state index is 0.0436. The first-order valence-corrected chi connectivity index (χ1v) is 11.2. The van der Waals surface area contributed by atoms with Crippen LogP contribution in [-0.4, -0.2) is 25.8 Å². The molecule has 0 aliphatic rings. The number of nitriles is 2. The van der Waals surface area contributed by atoms with E-state index in [0.717, 1.165) is 10.9 Å². The highest BCUT2D eigenvalue weighted by atomic mass is 16.1. The molecular weight excluding hydrogens is 464 g/mol. The fraction of sp³-hybridized carbons (Fsp3) is 0.0357. The van der Waals surface area contributed by atoms with E-state index >= 15 is 0 Å². The average molecular weight is 483 g/mol. The van der Waals surface area contributed by atoms with Crippen LogP contribution in [0.4, 0.5) is 5.82 Å². The third-order valence-corrected chi connectivity index (χ3v) is 5.63. The largest absolute Gasteiger partial charge is 0.382 e. The summed E-state index contributed by atoms with van der Waals surface area (Å²) in [6.45, 7) is 0.0818. The van der Waals surface area contributed by atoms with Gasteiger partial charge in [0.25, 0.3) is 5.91 Å². The Labute approximate surface area is 211 Å². The van der Waals surface area contributed by atoms with Gasteiger partial charge < -0.3 is 11.1 Å². The lowest BCUT2D eigenvalue weighted by atomic mass is 10.0. The van der Waals surface area contributed by atoms with Crippen LogP contribution >= 0.6 is 0 Å². The monoisotopic (exact) mass is 482 g/mol. The number of nitrogens with zero attached hydrogens (tertiary/aromatic N) is 6. The standard InChI is InChI=1S/C28H18N8O/c29-14-17-4-1-5-19(12-17)25-24(20-9-10-23-18(13-20)6-3-11-32-23)35-26(27(31)36-25)28(37)33-16-22-8-2-7-21(15-30)34-22/h1-13H,16H2,(H2,31,36)(H,33,37). The van der Waals surface area contributed by atoms with Gasteiger partial charge in [-0.3, -0.25) is 9.78 Å². The summed E-state index contributed by atoms with van der Waals surface area (Å²) < 4.78 is 0. The molecule has 0 radical (unpaired) electrons. The number of aromatic nitrogens is 4. The SMILES string of the molecule is N#Cc1cccc(-c2nc(N)c(C(=O)NCc3cccc(C#N)n3)nc2-c2ccc3ncccc3c2)c1. The van der Waals surface area contributed by atoms with Gasteiger partial charge in [0.1, 0.15) is 11.8 Å². The quantitative estimate of drug-likeness (QED) is 0.381. The van der Waals surface area contributed by atoms with Gasteiger partial charge in [0, 0.05) is 22.7 Å². The summed E-state index contributed by atoms with van der Waals surface area (Å²) in [7, 11) is 0. The molecule has 5 rings (SSSR count). The molecule has 0 bridgehead atoms. The fourth-order valence-corrected chi connectivity index (χ4v) is 3.87. The van der Waals surface area contributed by atoms with E-state index in [1.54, 1.807) is 42.6 Å². The highest BCUT2D eigenvalue weighted by Crippen LogP contribution is 2.32. The maximum Gasteiger partial charge on any atom is 0.274 e. The van der Waals surface area contributed by atoms with Gasteiger partial charge in [-0.1, -0.05) is 30.3 Å². The van der Waals surface area contributed by atoms with Crippen LogP contribution in [0, 0.1) is 22.7 Å². The van der Waals surface area contributed by atoms with Crippen molar-refractivity contribution in [2.45, 2.75) is 6.54 Å². The van der Waals surface area contributed by atoms with Gasteiger partial charge in [0.2, 0.25) is 0 Å². The number of amides is 1. The maximum absolute atomic E-state index is 13.1. The van der Waals surface area contributed by atoms with Crippen molar-refractivity contribution >= 4 is 22.6 Å². The van der Waals surface area contributed by atoms with E-state index in [-0.39, 0.29) is 23.8 Å². The molecule has 0 saturated heterocycles. The molecule has 0 atom stereocenters. The highest BCUT2D eigenvalue weighted by molar-refractivity contribution is 5.98. The van der Waals surface area contributed by atoms with E-state index in [1.807, 2.05) is 42.5 Å². The number of carbonyl (C=O) groups excluding carboxylic acids is 1. The van der Waals surface area contributed by atoms with E-state index in [2.05, 4.69) is 31.3 Å². The molecule has 9 nitrogen and oxygen atoms in total. The summed E-state index contributed by atoms with van der Waals surface area (Å²) in [4.78, 5) is 30.8. The lowest BCUT2D eigenvalue weighted by molar-refractivity contribution is 0.0946. The second-order valence-corrected chi connectivity index (χ2v) is 8.07. The van der Waals surface area contributed by atoms with Crippen LogP contribution < -0.4 is 11.1 Å². The molecule has 5 aromatic rings. The predicted molar refractivity (Wildman–Crippen MR) is 137 cm³/mol. The number of pyridine rings is 2. The van der Waals surface area contributed by atoms with Crippen LogP contribution in [0.3, 0.4) is 0 Å². The molecule has 1 amide bonds. The zero-order valence-corrected chi connectivity index (χ0v) is 19.4. The Kier molecular flexibility index (Phi) is 6.18. The molecular formula is C28H18N8O. The molecule has 0 unspecified atom stereocenters. The topological polar surface area (TPSA) is 154 Å². The predicted octanol–water partition coefficient (Wildman–Crippen LogP) is 4.01. The number of carbonyl (C=O) groups is 1. The van der Waals surface area contributed by atoms with Crippen LogP contribution in [0.1, 0.15) is 27.4 Å². The van der Waals surface area contributed by atoms with Crippen molar-refractivity contribution in [1.82, 2.24) is 25.3 Å². The summed E-state index contributed by atoms with van der Waals surface area (Å²) in [6.07, 6.45) is 1.72. The van der Waals surface area contributed by atoms with Gasteiger partial charge in [-0.05, 0) is 42.5 Å². The first-order chi connectivity index (χ1) is 18.1. The molecule has 0 saturated carbocycles. The Balaban J connectivity index is 1.59. The summed E-state index contributed by atoms with van der Waals surface area (Å²) in [5.41, 5.74) is 10.4. The van der Waals surface area contributed by atoms with Crippen molar-refractivity contribution < 1.29 is 4.79 Å². The number of benzene rings is 2.